The molecule has 0 aliphatic carbocycles. The van der Waals surface area contributed by atoms with Crippen LogP contribution in [0.1, 0.15) is 0 Å². The molecule has 0 saturated heterocycles. The number of hydrogen-bond donors (Lipinski definition) is 0. The Kier molecular flexibility index (Phi) is 3.54. The van der Waals surface area contributed by atoms with Gasteiger partial charge in [0.15, 0.2) is 0 Å². The molecule has 1 heterocycles. The van der Waals surface area contributed by atoms with E-state index in [-0.39, 0.29) is 0 Å². The van der Waals surface area contributed by atoms with E-state index in [0.717, 1.165) is 27.2 Å². The van der Waals surface area contributed by atoms with Crippen molar-refractivity contribution >= 4 is 32.3 Å². The standard InChI is InChI=1S/C18H15OP/c1-13-7-3-4-8-14(2)18-17(12-11-13)20-16-10-6-5-9-15(16)19-18/h3-12,20H,1-2H2. The van der Waals surface area contributed by atoms with Crippen LogP contribution in [0.15, 0.2) is 60.7 Å². The van der Waals surface area contributed by atoms with E-state index in [9.17, 15) is 0 Å². The highest BCUT2D eigenvalue weighted by Gasteiger charge is 2.15. The summed E-state index contributed by atoms with van der Waals surface area (Å²) in [5.74, 6) is 1.79. The molecule has 0 radical (unpaired) electrons. The molecular formula is C18H15OP. The van der Waals surface area contributed by atoms with Crippen molar-refractivity contribution in [2.75, 3.05) is 0 Å². The van der Waals surface area contributed by atoms with Gasteiger partial charge < -0.3 is 4.74 Å². The van der Waals surface area contributed by atoms with Crippen LogP contribution in [0.4, 0.5) is 0 Å². The van der Waals surface area contributed by atoms with Gasteiger partial charge in [-0.15, -0.1) is 0 Å². The Morgan fingerprint density at radius 1 is 0.750 bits per heavy atom. The molecule has 1 aliphatic rings. The molecule has 1 aliphatic heterocycles. The first-order valence-corrected chi connectivity index (χ1v) is 7.43. The van der Waals surface area contributed by atoms with Crippen molar-refractivity contribution in [3.05, 3.63) is 71.1 Å². The molecule has 0 saturated carbocycles. The minimum absolute atomic E-state index is 0.573. The average Bonchev–Trinajstić information content (AvgIpc) is 2.47. The van der Waals surface area contributed by atoms with E-state index in [0.29, 0.717) is 8.58 Å². The van der Waals surface area contributed by atoms with Crippen molar-refractivity contribution in [2.45, 2.75) is 0 Å². The van der Waals surface area contributed by atoms with Crippen LogP contribution in [0.25, 0.3) is 13.2 Å². The summed E-state index contributed by atoms with van der Waals surface area (Å²) < 4.78 is 6.05. The minimum Gasteiger partial charge on any atom is -0.455 e. The fraction of sp³-hybridized carbons (Fsp3) is 0. The Morgan fingerprint density at radius 2 is 1.50 bits per heavy atom. The number of fused-ring (bicyclic) bond motifs is 2. The SMILES string of the molecule is C=c1ccccc(=C)c2c(cc1)Pc1ccccc1O2. The van der Waals surface area contributed by atoms with E-state index in [1.165, 1.54) is 5.30 Å². The maximum Gasteiger partial charge on any atom is 0.141 e. The van der Waals surface area contributed by atoms with Gasteiger partial charge in [0.2, 0.25) is 0 Å². The van der Waals surface area contributed by atoms with Crippen molar-refractivity contribution in [1.29, 1.82) is 0 Å². The summed E-state index contributed by atoms with van der Waals surface area (Å²) in [5.41, 5.74) is 0. The highest BCUT2D eigenvalue weighted by molar-refractivity contribution is 7.56. The van der Waals surface area contributed by atoms with Crippen LogP contribution >= 0.6 is 8.58 Å². The molecule has 0 fully saturated rings. The predicted octanol–water partition coefficient (Wildman–Crippen LogP) is 2.37. The third-order valence-electron chi connectivity index (χ3n) is 3.09. The lowest BCUT2D eigenvalue weighted by molar-refractivity contribution is 0.485. The lowest BCUT2D eigenvalue weighted by Crippen LogP contribution is -2.20. The van der Waals surface area contributed by atoms with E-state index in [1.807, 2.05) is 48.5 Å². The smallest absolute Gasteiger partial charge is 0.141 e. The zero-order valence-electron chi connectivity index (χ0n) is 11.1. The van der Waals surface area contributed by atoms with E-state index < -0.39 is 0 Å². The largest absolute Gasteiger partial charge is 0.455 e. The minimum atomic E-state index is 0.573. The highest BCUT2D eigenvalue weighted by Crippen LogP contribution is 2.29. The summed E-state index contributed by atoms with van der Waals surface area (Å²) in [6.07, 6.45) is 0. The zero-order valence-corrected chi connectivity index (χ0v) is 12.1. The van der Waals surface area contributed by atoms with Crippen molar-refractivity contribution in [3.63, 3.8) is 0 Å². The molecule has 0 N–H and O–H groups in total. The summed E-state index contributed by atoms with van der Waals surface area (Å²) in [6.45, 7) is 8.11. The second-order valence-corrected chi connectivity index (χ2v) is 5.95. The molecule has 1 nitrogen and oxygen atoms in total. The van der Waals surface area contributed by atoms with Gasteiger partial charge in [0, 0.05) is 15.8 Å². The van der Waals surface area contributed by atoms with Crippen molar-refractivity contribution in [3.8, 4) is 11.5 Å². The molecule has 0 bridgehead atoms. The number of benzene rings is 1. The second kappa shape index (κ2) is 5.48. The quantitative estimate of drug-likeness (QED) is 0.574. The van der Waals surface area contributed by atoms with E-state index in [2.05, 4.69) is 25.3 Å². The third-order valence-corrected chi connectivity index (χ3v) is 4.43. The summed E-state index contributed by atoms with van der Waals surface area (Å²) in [4.78, 5) is 0. The molecular weight excluding hydrogens is 263 g/mol. The fourth-order valence-corrected chi connectivity index (χ4v) is 3.27. The molecule has 20 heavy (non-hydrogen) atoms. The van der Waals surface area contributed by atoms with Crippen LogP contribution in [0, 0.1) is 0 Å². The van der Waals surface area contributed by atoms with E-state index >= 15 is 0 Å². The molecule has 98 valence electrons. The van der Waals surface area contributed by atoms with Gasteiger partial charge in [-0.2, -0.15) is 0 Å². The summed E-state index contributed by atoms with van der Waals surface area (Å²) in [7, 11) is 0.573. The lowest BCUT2D eigenvalue weighted by atomic mass is 10.3. The van der Waals surface area contributed by atoms with Gasteiger partial charge in [-0.05, 0) is 11.3 Å². The van der Waals surface area contributed by atoms with E-state index in [1.54, 1.807) is 0 Å². The molecule has 0 amide bonds. The maximum atomic E-state index is 6.05. The van der Waals surface area contributed by atoms with Crippen LogP contribution in [0.2, 0.25) is 0 Å². The van der Waals surface area contributed by atoms with E-state index in [4.69, 9.17) is 4.74 Å². The number of rotatable bonds is 0. The maximum absolute atomic E-state index is 6.05. The zero-order chi connectivity index (χ0) is 13.9. The van der Waals surface area contributed by atoms with Crippen LogP contribution < -0.4 is 25.8 Å². The third kappa shape index (κ3) is 2.59. The molecule has 1 atom stereocenters. The second-order valence-electron chi connectivity index (χ2n) is 4.62. The molecule has 0 spiro atoms. The lowest BCUT2D eigenvalue weighted by Gasteiger charge is -2.19. The fourth-order valence-electron chi connectivity index (χ4n) is 2.05. The molecule has 0 aromatic heterocycles. The van der Waals surface area contributed by atoms with Crippen LogP contribution in [0.5, 0.6) is 11.5 Å². The highest BCUT2D eigenvalue weighted by atomic mass is 31.1. The Morgan fingerprint density at radius 3 is 2.40 bits per heavy atom. The number of ether oxygens (including phenoxy) is 1. The van der Waals surface area contributed by atoms with Crippen molar-refractivity contribution < 1.29 is 4.74 Å². The number of para-hydroxylation sites is 1. The van der Waals surface area contributed by atoms with Gasteiger partial charge in [-0.1, -0.05) is 76.3 Å². The molecule has 3 rings (SSSR count). The summed E-state index contributed by atoms with van der Waals surface area (Å²) in [6, 6.07) is 20.1. The van der Waals surface area contributed by atoms with Gasteiger partial charge in [0.05, 0.1) is 0 Å². The molecule has 1 unspecified atom stereocenters. The van der Waals surface area contributed by atoms with Gasteiger partial charge in [0.1, 0.15) is 11.5 Å². The summed E-state index contributed by atoms with van der Waals surface area (Å²) >= 11 is 0. The average molecular weight is 278 g/mol. The van der Waals surface area contributed by atoms with Crippen LogP contribution in [-0.2, 0) is 0 Å². The van der Waals surface area contributed by atoms with Gasteiger partial charge in [-0.3, -0.25) is 0 Å². The molecule has 2 heteroatoms. The Balaban J connectivity index is 2.26. The van der Waals surface area contributed by atoms with Crippen LogP contribution in [-0.4, -0.2) is 0 Å². The normalized spacial score (nSPS) is 12.8. The number of hydrogen-bond acceptors (Lipinski definition) is 1. The van der Waals surface area contributed by atoms with Crippen molar-refractivity contribution in [1.82, 2.24) is 0 Å². The van der Waals surface area contributed by atoms with Gasteiger partial charge >= 0.3 is 0 Å². The van der Waals surface area contributed by atoms with Gasteiger partial charge in [-0.25, -0.2) is 0 Å². The first-order chi connectivity index (χ1) is 9.74. The molecule has 2 aromatic rings. The van der Waals surface area contributed by atoms with Crippen LogP contribution in [0.3, 0.4) is 0 Å². The van der Waals surface area contributed by atoms with Crippen molar-refractivity contribution in [2.24, 2.45) is 0 Å². The topological polar surface area (TPSA) is 9.23 Å². The Bertz CT molecular complexity index is 810. The first kappa shape index (κ1) is 12.9. The monoisotopic (exact) mass is 278 g/mol. The summed E-state index contributed by atoms with van der Waals surface area (Å²) in [5, 5.41) is 4.25. The Labute approximate surface area is 120 Å². The predicted molar refractivity (Wildman–Crippen MR) is 88.5 cm³/mol. The first-order valence-electron chi connectivity index (χ1n) is 6.43. The molecule has 2 aromatic carbocycles. The van der Waals surface area contributed by atoms with Gasteiger partial charge in [0.25, 0.3) is 0 Å². The Hall–Kier alpha value is -2.11.